The van der Waals surface area contributed by atoms with Crippen LogP contribution in [0, 0.1) is 23.3 Å². The lowest BCUT2D eigenvalue weighted by Crippen LogP contribution is -2.04. The highest BCUT2D eigenvalue weighted by Gasteiger charge is 2.23. The molecule has 1 rings (SSSR count). The van der Waals surface area contributed by atoms with Gasteiger partial charge in [0.05, 0.1) is 0 Å². The van der Waals surface area contributed by atoms with Gasteiger partial charge >= 0.3 is 0 Å². The molecule has 0 aliphatic carbocycles. The van der Waals surface area contributed by atoms with E-state index < -0.39 is 33.9 Å². The normalized spacial score (nSPS) is 11.1. The van der Waals surface area contributed by atoms with Gasteiger partial charge in [0, 0.05) is 5.56 Å². The summed E-state index contributed by atoms with van der Waals surface area (Å²) in [5, 5.41) is -0.972. The molecule has 108 valence electrons. The van der Waals surface area contributed by atoms with Gasteiger partial charge in [0.1, 0.15) is 5.02 Å². The lowest BCUT2D eigenvalue weighted by atomic mass is 10.0. The maximum atomic E-state index is 13.6. The first-order valence-corrected chi connectivity index (χ1v) is 6.88. The van der Waals surface area contributed by atoms with Crippen molar-refractivity contribution in [1.29, 1.82) is 0 Å². The fraction of sp³-hybridized carbons (Fsp3) is 0.571. The van der Waals surface area contributed by atoms with Crippen LogP contribution in [0.5, 0.6) is 0 Å². The van der Waals surface area contributed by atoms with Crippen LogP contribution in [0.3, 0.4) is 0 Å². The minimum Gasteiger partial charge on any atom is -0.205 e. The van der Waals surface area contributed by atoms with Gasteiger partial charge in [0.15, 0.2) is 23.3 Å². The summed E-state index contributed by atoms with van der Waals surface area (Å²) in [6.45, 7) is 2.09. The van der Waals surface area contributed by atoms with Gasteiger partial charge in [-0.3, -0.25) is 0 Å². The molecule has 0 aromatic heterocycles. The Labute approximate surface area is 115 Å². The molecular weight excluding hydrogens is 280 g/mol. The van der Waals surface area contributed by atoms with Crippen LogP contribution in [0.15, 0.2) is 0 Å². The molecule has 0 unspecified atom stereocenters. The van der Waals surface area contributed by atoms with Crippen LogP contribution in [-0.4, -0.2) is 0 Å². The second-order valence-corrected chi connectivity index (χ2v) is 4.94. The van der Waals surface area contributed by atoms with E-state index in [1.807, 2.05) is 0 Å². The van der Waals surface area contributed by atoms with Gasteiger partial charge in [-0.1, -0.05) is 50.6 Å². The second kappa shape index (κ2) is 7.73. The Bertz CT molecular complexity index is 403. The molecule has 1 aromatic rings. The number of rotatable bonds is 7. The first-order chi connectivity index (χ1) is 9.00. The predicted molar refractivity (Wildman–Crippen MR) is 68.4 cm³/mol. The predicted octanol–water partition coefficient (Wildman–Crippen LogP) is 5.80. The molecule has 5 heteroatoms. The zero-order valence-electron chi connectivity index (χ0n) is 10.8. The van der Waals surface area contributed by atoms with Crippen LogP contribution in [0.2, 0.25) is 5.02 Å². The van der Waals surface area contributed by atoms with Crippen molar-refractivity contribution in [2.75, 3.05) is 0 Å². The molecule has 0 nitrogen and oxygen atoms in total. The van der Waals surface area contributed by atoms with Gasteiger partial charge in [-0.25, -0.2) is 17.6 Å². The molecule has 1 aromatic carbocycles. The van der Waals surface area contributed by atoms with E-state index in [2.05, 4.69) is 6.92 Å². The zero-order valence-corrected chi connectivity index (χ0v) is 11.6. The van der Waals surface area contributed by atoms with Crippen molar-refractivity contribution in [3.8, 4) is 0 Å². The molecule has 0 aliphatic heterocycles. The van der Waals surface area contributed by atoms with Crippen molar-refractivity contribution in [2.45, 2.75) is 51.9 Å². The maximum Gasteiger partial charge on any atom is 0.196 e. The highest BCUT2D eigenvalue weighted by molar-refractivity contribution is 6.31. The third-order valence-electron chi connectivity index (χ3n) is 3.08. The molecule has 0 N–H and O–H groups in total. The third kappa shape index (κ3) is 4.10. The van der Waals surface area contributed by atoms with E-state index in [1.165, 1.54) is 0 Å². The van der Waals surface area contributed by atoms with Crippen LogP contribution >= 0.6 is 11.6 Å². The van der Waals surface area contributed by atoms with Gasteiger partial charge in [0.25, 0.3) is 0 Å². The Balaban J connectivity index is 2.64. The fourth-order valence-electron chi connectivity index (χ4n) is 1.95. The summed E-state index contributed by atoms with van der Waals surface area (Å²) >= 11 is 5.28. The van der Waals surface area contributed by atoms with E-state index in [0.717, 1.165) is 32.1 Å². The van der Waals surface area contributed by atoms with E-state index in [4.69, 9.17) is 11.6 Å². The van der Waals surface area contributed by atoms with Crippen LogP contribution in [0.1, 0.15) is 51.0 Å². The largest absolute Gasteiger partial charge is 0.205 e. The fourth-order valence-corrected chi connectivity index (χ4v) is 2.15. The summed E-state index contributed by atoms with van der Waals surface area (Å²) in [7, 11) is 0. The monoisotopic (exact) mass is 296 g/mol. The number of benzene rings is 1. The van der Waals surface area contributed by atoms with Gasteiger partial charge in [-0.05, 0) is 12.8 Å². The number of hydrogen-bond donors (Lipinski definition) is 0. The van der Waals surface area contributed by atoms with Crippen molar-refractivity contribution in [1.82, 2.24) is 0 Å². The maximum absolute atomic E-state index is 13.6. The first-order valence-electron chi connectivity index (χ1n) is 6.51. The molecule has 0 radical (unpaired) electrons. The molecule has 0 aliphatic rings. The Hall–Kier alpha value is -0.770. The summed E-state index contributed by atoms with van der Waals surface area (Å²) in [5.41, 5.74) is -0.459. The van der Waals surface area contributed by atoms with Crippen LogP contribution in [0.25, 0.3) is 0 Å². The molecular formula is C14H17ClF4. The minimum absolute atomic E-state index is 0.0285. The quantitative estimate of drug-likeness (QED) is 0.258. The minimum atomic E-state index is -1.70. The van der Waals surface area contributed by atoms with Crippen molar-refractivity contribution < 1.29 is 17.6 Å². The Kier molecular flexibility index (Phi) is 6.63. The SMILES string of the molecule is CCCCCCCCc1c(F)c(F)c(F)c(Cl)c1F. The van der Waals surface area contributed by atoms with Crippen molar-refractivity contribution in [2.24, 2.45) is 0 Å². The van der Waals surface area contributed by atoms with E-state index >= 15 is 0 Å². The van der Waals surface area contributed by atoms with Crippen molar-refractivity contribution >= 4 is 11.6 Å². The molecule has 0 bridgehead atoms. The smallest absolute Gasteiger partial charge is 0.196 e. The van der Waals surface area contributed by atoms with E-state index in [-0.39, 0.29) is 6.42 Å². The molecule has 19 heavy (non-hydrogen) atoms. The highest BCUT2D eigenvalue weighted by atomic mass is 35.5. The second-order valence-electron chi connectivity index (χ2n) is 4.57. The molecule has 0 heterocycles. The molecule has 0 saturated carbocycles. The molecule has 0 amide bonds. The van der Waals surface area contributed by atoms with Crippen molar-refractivity contribution in [3.63, 3.8) is 0 Å². The third-order valence-corrected chi connectivity index (χ3v) is 3.41. The lowest BCUT2D eigenvalue weighted by Gasteiger charge is -2.08. The Morgan fingerprint density at radius 1 is 0.737 bits per heavy atom. The molecule has 0 fully saturated rings. The Morgan fingerprint density at radius 3 is 1.95 bits per heavy atom. The summed E-state index contributed by atoms with van der Waals surface area (Å²) < 4.78 is 53.1. The van der Waals surface area contributed by atoms with Crippen LogP contribution in [0.4, 0.5) is 17.6 Å². The van der Waals surface area contributed by atoms with Gasteiger partial charge in [-0.2, -0.15) is 0 Å². The molecule has 0 saturated heterocycles. The summed E-state index contributed by atoms with van der Waals surface area (Å²) in [6.07, 6.45) is 5.63. The van der Waals surface area contributed by atoms with Gasteiger partial charge in [-0.15, -0.1) is 0 Å². The number of hydrogen-bond acceptors (Lipinski definition) is 0. The average molecular weight is 297 g/mol. The van der Waals surface area contributed by atoms with Crippen LogP contribution in [-0.2, 0) is 6.42 Å². The van der Waals surface area contributed by atoms with Gasteiger partial charge in [0.2, 0.25) is 0 Å². The Morgan fingerprint density at radius 2 is 1.32 bits per heavy atom. The van der Waals surface area contributed by atoms with E-state index in [0.29, 0.717) is 6.42 Å². The average Bonchev–Trinajstić information content (AvgIpc) is 2.41. The summed E-state index contributed by atoms with van der Waals surface area (Å²) in [6, 6.07) is 0. The van der Waals surface area contributed by atoms with Crippen molar-refractivity contribution in [3.05, 3.63) is 33.9 Å². The topological polar surface area (TPSA) is 0 Å². The highest BCUT2D eigenvalue weighted by Crippen LogP contribution is 2.28. The zero-order chi connectivity index (χ0) is 14.4. The number of halogens is 5. The number of unbranched alkanes of at least 4 members (excludes halogenated alkanes) is 5. The summed E-state index contributed by atoms with van der Waals surface area (Å²) in [5.74, 6) is -6.02. The molecule has 0 spiro atoms. The van der Waals surface area contributed by atoms with E-state index in [9.17, 15) is 17.6 Å². The first kappa shape index (κ1) is 16.3. The van der Waals surface area contributed by atoms with E-state index in [1.54, 1.807) is 0 Å². The van der Waals surface area contributed by atoms with Gasteiger partial charge < -0.3 is 0 Å². The van der Waals surface area contributed by atoms with Crippen LogP contribution < -0.4 is 0 Å². The lowest BCUT2D eigenvalue weighted by molar-refractivity contribution is 0.423. The summed E-state index contributed by atoms with van der Waals surface area (Å²) in [4.78, 5) is 0. The standard InChI is InChI=1S/C14H17ClF4/c1-2-3-4-5-6-7-8-9-11(16)10(15)13(18)14(19)12(9)17/h2-8H2,1H3. The molecule has 0 atom stereocenters.